The number of methoxy groups -OCH3 is 1. The summed E-state index contributed by atoms with van der Waals surface area (Å²) in [4.78, 5) is 13.3. The first kappa shape index (κ1) is 14.6. The quantitative estimate of drug-likeness (QED) is 0.870. The Hall–Kier alpha value is -2.30. The summed E-state index contributed by atoms with van der Waals surface area (Å²) in [7, 11) is 1.68. The second-order valence-corrected chi connectivity index (χ2v) is 5.58. The fourth-order valence-electron chi connectivity index (χ4n) is 2.99. The summed E-state index contributed by atoms with van der Waals surface area (Å²) < 4.78 is 5.48. The number of hydrogen-bond donors (Lipinski definition) is 0. The maximum Gasteiger partial charge on any atom is 0.182 e. The van der Waals surface area contributed by atoms with Gasteiger partial charge >= 0.3 is 0 Å². The van der Waals surface area contributed by atoms with Crippen molar-refractivity contribution >= 4 is 11.5 Å². The molecule has 0 atom stereocenters. The van der Waals surface area contributed by atoms with Crippen LogP contribution in [0.1, 0.15) is 11.3 Å². The molecule has 2 heterocycles. The third-order valence-corrected chi connectivity index (χ3v) is 4.20. The van der Waals surface area contributed by atoms with Gasteiger partial charge in [0.1, 0.15) is 6.33 Å². The molecule has 0 unspecified atom stereocenters. The highest BCUT2D eigenvalue weighted by atomic mass is 16.5. The topological polar surface area (TPSA) is 41.5 Å². The van der Waals surface area contributed by atoms with E-state index < -0.39 is 0 Å². The summed E-state index contributed by atoms with van der Waals surface area (Å²) in [6, 6.07) is 8.55. The highest BCUT2D eigenvalue weighted by Crippen LogP contribution is 2.29. The third-order valence-electron chi connectivity index (χ3n) is 4.20. The van der Waals surface area contributed by atoms with Crippen molar-refractivity contribution < 1.29 is 4.74 Å². The molecule has 3 rings (SSSR count). The fourth-order valence-corrected chi connectivity index (χ4v) is 2.99. The van der Waals surface area contributed by atoms with Crippen molar-refractivity contribution in [3.05, 3.63) is 41.9 Å². The minimum absolute atomic E-state index is 0.784. The lowest BCUT2D eigenvalue weighted by Crippen LogP contribution is -2.47. The standard InChI is InChI=1S/C17H22N4O/c1-13-6-4-5-7-15(13)20-8-10-21(11-9-20)17-16(22-3)14(2)18-12-19-17/h4-7,12H,8-11H2,1-3H3. The number of anilines is 2. The lowest BCUT2D eigenvalue weighted by atomic mass is 10.1. The molecule has 0 saturated carbocycles. The highest BCUT2D eigenvalue weighted by molar-refractivity contribution is 5.57. The normalized spacial score (nSPS) is 15.0. The molecule has 0 radical (unpaired) electrons. The molecular weight excluding hydrogens is 276 g/mol. The number of benzene rings is 1. The van der Waals surface area contributed by atoms with Crippen molar-refractivity contribution in [2.75, 3.05) is 43.1 Å². The van der Waals surface area contributed by atoms with Crippen LogP contribution in [0.5, 0.6) is 5.75 Å². The van der Waals surface area contributed by atoms with Gasteiger partial charge in [-0.3, -0.25) is 0 Å². The monoisotopic (exact) mass is 298 g/mol. The molecule has 1 fully saturated rings. The molecule has 5 nitrogen and oxygen atoms in total. The second kappa shape index (κ2) is 6.22. The molecule has 1 aromatic heterocycles. The van der Waals surface area contributed by atoms with Crippen LogP contribution in [0, 0.1) is 13.8 Å². The molecule has 1 aromatic carbocycles. The van der Waals surface area contributed by atoms with Gasteiger partial charge in [-0.15, -0.1) is 0 Å². The smallest absolute Gasteiger partial charge is 0.182 e. The van der Waals surface area contributed by atoms with Gasteiger partial charge in [0, 0.05) is 31.9 Å². The van der Waals surface area contributed by atoms with Crippen molar-refractivity contribution in [2.24, 2.45) is 0 Å². The number of rotatable bonds is 3. The number of piperazine rings is 1. The average molecular weight is 298 g/mol. The van der Waals surface area contributed by atoms with Crippen LogP contribution < -0.4 is 14.5 Å². The van der Waals surface area contributed by atoms with Crippen molar-refractivity contribution in [3.63, 3.8) is 0 Å². The predicted octanol–water partition coefficient (Wildman–Crippen LogP) is 2.43. The zero-order chi connectivity index (χ0) is 15.5. The van der Waals surface area contributed by atoms with E-state index in [-0.39, 0.29) is 0 Å². The van der Waals surface area contributed by atoms with Gasteiger partial charge in [-0.2, -0.15) is 0 Å². The Bertz CT molecular complexity index is 651. The minimum Gasteiger partial charge on any atom is -0.491 e. The molecule has 0 N–H and O–H groups in total. The van der Waals surface area contributed by atoms with Crippen LogP contribution in [0.25, 0.3) is 0 Å². The van der Waals surface area contributed by atoms with E-state index in [9.17, 15) is 0 Å². The van der Waals surface area contributed by atoms with Crippen LogP contribution in [0.15, 0.2) is 30.6 Å². The molecule has 22 heavy (non-hydrogen) atoms. The number of aromatic nitrogens is 2. The van der Waals surface area contributed by atoms with Gasteiger partial charge in [0.2, 0.25) is 0 Å². The predicted molar refractivity (Wildman–Crippen MR) is 88.9 cm³/mol. The molecule has 5 heteroatoms. The van der Waals surface area contributed by atoms with E-state index in [4.69, 9.17) is 4.74 Å². The molecule has 1 saturated heterocycles. The Morgan fingerprint density at radius 3 is 2.32 bits per heavy atom. The summed E-state index contributed by atoms with van der Waals surface area (Å²) in [5.74, 6) is 1.69. The molecule has 0 bridgehead atoms. The lowest BCUT2D eigenvalue weighted by molar-refractivity contribution is 0.405. The SMILES string of the molecule is COc1c(C)ncnc1N1CCN(c2ccccc2C)CC1. The lowest BCUT2D eigenvalue weighted by Gasteiger charge is -2.37. The summed E-state index contributed by atoms with van der Waals surface area (Å²) in [5, 5.41) is 0. The molecule has 1 aliphatic heterocycles. The second-order valence-electron chi connectivity index (χ2n) is 5.58. The maximum atomic E-state index is 5.48. The molecule has 116 valence electrons. The first-order valence-corrected chi connectivity index (χ1v) is 7.62. The molecule has 2 aromatic rings. The van der Waals surface area contributed by atoms with E-state index in [1.54, 1.807) is 13.4 Å². The van der Waals surface area contributed by atoms with E-state index >= 15 is 0 Å². The maximum absolute atomic E-state index is 5.48. The van der Waals surface area contributed by atoms with Crippen LogP contribution in [0.2, 0.25) is 0 Å². The Morgan fingerprint density at radius 2 is 1.64 bits per heavy atom. The van der Waals surface area contributed by atoms with Gasteiger partial charge < -0.3 is 14.5 Å². The summed E-state index contributed by atoms with van der Waals surface area (Å²) >= 11 is 0. The largest absolute Gasteiger partial charge is 0.491 e. The molecule has 0 spiro atoms. The number of nitrogens with zero attached hydrogens (tertiary/aromatic N) is 4. The minimum atomic E-state index is 0.784. The molecule has 0 amide bonds. The first-order chi connectivity index (χ1) is 10.7. The average Bonchev–Trinajstić information content (AvgIpc) is 2.55. The molecular formula is C17H22N4O. The molecule has 1 aliphatic rings. The number of ether oxygens (including phenoxy) is 1. The Labute approximate surface area is 131 Å². The highest BCUT2D eigenvalue weighted by Gasteiger charge is 2.22. The van der Waals surface area contributed by atoms with Crippen molar-refractivity contribution in [3.8, 4) is 5.75 Å². The summed E-state index contributed by atoms with van der Waals surface area (Å²) in [6.45, 7) is 7.95. The Kier molecular flexibility index (Phi) is 4.13. The van der Waals surface area contributed by atoms with E-state index in [0.717, 1.165) is 43.4 Å². The zero-order valence-corrected chi connectivity index (χ0v) is 13.4. The Morgan fingerprint density at radius 1 is 0.955 bits per heavy atom. The van der Waals surface area contributed by atoms with Crippen molar-refractivity contribution in [1.82, 2.24) is 9.97 Å². The third kappa shape index (κ3) is 2.71. The van der Waals surface area contributed by atoms with E-state index in [1.165, 1.54) is 11.3 Å². The van der Waals surface area contributed by atoms with Crippen LogP contribution in [0.4, 0.5) is 11.5 Å². The van der Waals surface area contributed by atoms with Gasteiger partial charge in [0.25, 0.3) is 0 Å². The van der Waals surface area contributed by atoms with Crippen LogP contribution >= 0.6 is 0 Å². The number of aryl methyl sites for hydroxylation is 2. The van der Waals surface area contributed by atoms with Crippen LogP contribution in [-0.2, 0) is 0 Å². The zero-order valence-electron chi connectivity index (χ0n) is 13.4. The first-order valence-electron chi connectivity index (χ1n) is 7.62. The van der Waals surface area contributed by atoms with Gasteiger partial charge in [-0.25, -0.2) is 9.97 Å². The number of para-hydroxylation sites is 1. The van der Waals surface area contributed by atoms with Gasteiger partial charge in [0.15, 0.2) is 11.6 Å². The van der Waals surface area contributed by atoms with Gasteiger partial charge in [-0.1, -0.05) is 18.2 Å². The van der Waals surface area contributed by atoms with Crippen molar-refractivity contribution in [1.29, 1.82) is 0 Å². The van der Waals surface area contributed by atoms with E-state index in [1.807, 2.05) is 6.92 Å². The molecule has 0 aliphatic carbocycles. The van der Waals surface area contributed by atoms with Gasteiger partial charge in [0.05, 0.1) is 12.8 Å². The fraction of sp³-hybridized carbons (Fsp3) is 0.412. The number of hydrogen-bond acceptors (Lipinski definition) is 5. The van der Waals surface area contributed by atoms with Crippen LogP contribution in [0.3, 0.4) is 0 Å². The van der Waals surface area contributed by atoms with Crippen LogP contribution in [-0.4, -0.2) is 43.3 Å². The van der Waals surface area contributed by atoms with Gasteiger partial charge in [-0.05, 0) is 25.5 Å². The van der Waals surface area contributed by atoms with Crippen molar-refractivity contribution in [2.45, 2.75) is 13.8 Å². The summed E-state index contributed by atoms with van der Waals surface area (Å²) in [5.41, 5.74) is 3.54. The van der Waals surface area contributed by atoms with E-state index in [0.29, 0.717) is 0 Å². The summed E-state index contributed by atoms with van der Waals surface area (Å²) in [6.07, 6.45) is 1.61. The van der Waals surface area contributed by atoms with E-state index in [2.05, 4.69) is 51.0 Å². The Balaban J connectivity index is 1.75.